The molecular formula is C13H23NO. The van der Waals surface area contributed by atoms with Gasteiger partial charge in [0.2, 0.25) is 0 Å². The Morgan fingerprint density at radius 2 is 1.87 bits per heavy atom. The van der Waals surface area contributed by atoms with E-state index >= 15 is 0 Å². The molecule has 1 spiro atoms. The summed E-state index contributed by atoms with van der Waals surface area (Å²) >= 11 is 0. The molecule has 0 aromatic rings. The van der Waals surface area contributed by atoms with E-state index in [1.54, 1.807) is 0 Å². The van der Waals surface area contributed by atoms with Crippen LogP contribution >= 0.6 is 0 Å². The van der Waals surface area contributed by atoms with Crippen LogP contribution in [0.25, 0.3) is 0 Å². The van der Waals surface area contributed by atoms with Crippen LogP contribution in [0.2, 0.25) is 0 Å². The summed E-state index contributed by atoms with van der Waals surface area (Å²) < 4.78 is 6.37. The predicted octanol–water partition coefficient (Wildman–Crippen LogP) is 2.48. The minimum Gasteiger partial charge on any atom is -0.372 e. The van der Waals surface area contributed by atoms with Crippen LogP contribution in [0.3, 0.4) is 0 Å². The number of nitrogens with one attached hydrogen (secondary N) is 1. The van der Waals surface area contributed by atoms with Crippen LogP contribution in [0.15, 0.2) is 0 Å². The largest absolute Gasteiger partial charge is 0.372 e. The Hall–Kier alpha value is -0.0800. The summed E-state index contributed by atoms with van der Waals surface area (Å²) in [5.41, 5.74) is 0.333. The minimum atomic E-state index is 0.333. The summed E-state index contributed by atoms with van der Waals surface area (Å²) in [6, 6.07) is 0. The van der Waals surface area contributed by atoms with E-state index in [1.165, 1.54) is 64.5 Å². The van der Waals surface area contributed by atoms with Gasteiger partial charge in [-0.05, 0) is 51.1 Å². The Labute approximate surface area is 92.8 Å². The molecule has 2 aliphatic heterocycles. The molecule has 0 amide bonds. The van der Waals surface area contributed by atoms with Crippen molar-refractivity contribution < 1.29 is 4.74 Å². The number of rotatable bonds is 2. The lowest BCUT2D eigenvalue weighted by Gasteiger charge is -2.35. The predicted molar refractivity (Wildman–Crippen MR) is 60.9 cm³/mol. The highest BCUT2D eigenvalue weighted by molar-refractivity contribution is 4.92. The maximum absolute atomic E-state index is 6.37. The van der Waals surface area contributed by atoms with E-state index in [4.69, 9.17) is 4.74 Å². The molecule has 2 nitrogen and oxygen atoms in total. The Morgan fingerprint density at radius 1 is 1.07 bits per heavy atom. The van der Waals surface area contributed by atoms with Crippen LogP contribution in [-0.4, -0.2) is 24.8 Å². The molecule has 2 heterocycles. The van der Waals surface area contributed by atoms with Crippen LogP contribution in [-0.2, 0) is 4.74 Å². The summed E-state index contributed by atoms with van der Waals surface area (Å²) in [4.78, 5) is 0. The van der Waals surface area contributed by atoms with E-state index in [9.17, 15) is 0 Å². The topological polar surface area (TPSA) is 21.3 Å². The lowest BCUT2D eigenvalue weighted by atomic mass is 9.83. The Kier molecular flexibility index (Phi) is 2.73. The molecule has 15 heavy (non-hydrogen) atoms. The monoisotopic (exact) mass is 209 g/mol. The summed E-state index contributed by atoms with van der Waals surface area (Å²) in [5.74, 6) is 0.911. The summed E-state index contributed by atoms with van der Waals surface area (Å²) in [6.07, 6.45) is 11.5. The second kappa shape index (κ2) is 4.06. The normalized spacial score (nSPS) is 35.6. The van der Waals surface area contributed by atoms with E-state index in [1.807, 2.05) is 0 Å². The van der Waals surface area contributed by atoms with E-state index in [2.05, 4.69) is 5.32 Å². The molecule has 2 heteroatoms. The van der Waals surface area contributed by atoms with Crippen molar-refractivity contribution >= 4 is 0 Å². The van der Waals surface area contributed by atoms with Gasteiger partial charge >= 0.3 is 0 Å². The molecule has 0 bridgehead atoms. The lowest BCUT2D eigenvalue weighted by Crippen LogP contribution is -2.44. The molecule has 1 unspecified atom stereocenters. The molecule has 0 radical (unpaired) electrons. The summed E-state index contributed by atoms with van der Waals surface area (Å²) in [5, 5.41) is 3.35. The molecule has 3 fully saturated rings. The van der Waals surface area contributed by atoms with Crippen LogP contribution in [0.1, 0.15) is 51.4 Å². The molecule has 1 saturated carbocycles. The zero-order valence-electron chi connectivity index (χ0n) is 9.63. The molecular weight excluding hydrogens is 186 g/mol. The average Bonchev–Trinajstić information content (AvgIpc) is 2.57. The highest BCUT2D eigenvalue weighted by atomic mass is 16.5. The molecule has 1 N–H and O–H groups in total. The quantitative estimate of drug-likeness (QED) is 0.754. The average molecular weight is 209 g/mol. The standard InChI is InChI=1S/C13H23NO/c1-2-5-13(6-3-1)7-4-12(15-13)8-11-9-14-10-11/h11-12,14H,1-10H2. The van der Waals surface area contributed by atoms with Crippen molar-refractivity contribution in [1.29, 1.82) is 0 Å². The van der Waals surface area contributed by atoms with Crippen molar-refractivity contribution in [3.63, 3.8) is 0 Å². The molecule has 0 aromatic carbocycles. The van der Waals surface area contributed by atoms with E-state index < -0.39 is 0 Å². The summed E-state index contributed by atoms with van der Waals surface area (Å²) in [6.45, 7) is 2.46. The van der Waals surface area contributed by atoms with Gasteiger partial charge in [0.15, 0.2) is 0 Å². The highest BCUT2D eigenvalue weighted by Crippen LogP contribution is 2.43. The van der Waals surface area contributed by atoms with Gasteiger partial charge in [-0.15, -0.1) is 0 Å². The van der Waals surface area contributed by atoms with Gasteiger partial charge in [0.1, 0.15) is 0 Å². The Balaban J connectivity index is 1.52. The van der Waals surface area contributed by atoms with Crippen molar-refractivity contribution in [2.24, 2.45) is 5.92 Å². The van der Waals surface area contributed by atoms with Gasteiger partial charge in [-0.25, -0.2) is 0 Å². The maximum atomic E-state index is 6.37. The van der Waals surface area contributed by atoms with Crippen LogP contribution in [0.4, 0.5) is 0 Å². The van der Waals surface area contributed by atoms with Crippen molar-refractivity contribution in [1.82, 2.24) is 5.32 Å². The van der Waals surface area contributed by atoms with Crippen molar-refractivity contribution in [2.75, 3.05) is 13.1 Å². The van der Waals surface area contributed by atoms with E-state index in [0.29, 0.717) is 11.7 Å². The Morgan fingerprint density at radius 3 is 2.53 bits per heavy atom. The number of ether oxygens (including phenoxy) is 1. The van der Waals surface area contributed by atoms with Gasteiger partial charge in [0.25, 0.3) is 0 Å². The number of hydrogen-bond donors (Lipinski definition) is 1. The van der Waals surface area contributed by atoms with Gasteiger partial charge < -0.3 is 10.1 Å². The zero-order chi connectivity index (χ0) is 10.1. The minimum absolute atomic E-state index is 0.333. The van der Waals surface area contributed by atoms with Gasteiger partial charge in [-0.1, -0.05) is 19.3 Å². The van der Waals surface area contributed by atoms with Gasteiger partial charge in [-0.3, -0.25) is 0 Å². The summed E-state index contributed by atoms with van der Waals surface area (Å²) in [7, 11) is 0. The lowest BCUT2D eigenvalue weighted by molar-refractivity contribution is -0.0715. The number of hydrogen-bond acceptors (Lipinski definition) is 2. The molecule has 1 aliphatic carbocycles. The maximum Gasteiger partial charge on any atom is 0.0687 e. The Bertz CT molecular complexity index is 219. The fourth-order valence-electron chi connectivity index (χ4n) is 3.51. The van der Waals surface area contributed by atoms with E-state index in [-0.39, 0.29) is 0 Å². The SMILES string of the molecule is C1CCC2(CC1)CCC(CC1CNC1)O2. The second-order valence-electron chi connectivity index (χ2n) is 5.78. The first-order valence-corrected chi connectivity index (χ1v) is 6.75. The first-order valence-electron chi connectivity index (χ1n) is 6.75. The molecule has 0 aromatic heterocycles. The van der Waals surface area contributed by atoms with E-state index in [0.717, 1.165) is 5.92 Å². The third-order valence-corrected chi connectivity index (χ3v) is 4.57. The van der Waals surface area contributed by atoms with Gasteiger partial charge in [0.05, 0.1) is 11.7 Å². The fraction of sp³-hybridized carbons (Fsp3) is 1.00. The van der Waals surface area contributed by atoms with Gasteiger partial charge in [0, 0.05) is 0 Å². The van der Waals surface area contributed by atoms with Crippen LogP contribution < -0.4 is 5.32 Å². The molecule has 3 aliphatic rings. The van der Waals surface area contributed by atoms with Crippen molar-refractivity contribution in [3.8, 4) is 0 Å². The smallest absolute Gasteiger partial charge is 0.0687 e. The molecule has 2 saturated heterocycles. The highest BCUT2D eigenvalue weighted by Gasteiger charge is 2.41. The fourth-order valence-corrected chi connectivity index (χ4v) is 3.51. The zero-order valence-corrected chi connectivity index (χ0v) is 9.63. The van der Waals surface area contributed by atoms with Crippen molar-refractivity contribution in [3.05, 3.63) is 0 Å². The first kappa shape index (κ1) is 10.1. The third-order valence-electron chi connectivity index (χ3n) is 4.57. The van der Waals surface area contributed by atoms with Crippen LogP contribution in [0, 0.1) is 5.92 Å². The van der Waals surface area contributed by atoms with Crippen LogP contribution in [0.5, 0.6) is 0 Å². The van der Waals surface area contributed by atoms with Gasteiger partial charge in [-0.2, -0.15) is 0 Å². The van der Waals surface area contributed by atoms with Crippen molar-refractivity contribution in [2.45, 2.75) is 63.1 Å². The second-order valence-corrected chi connectivity index (χ2v) is 5.78. The molecule has 3 rings (SSSR count). The first-order chi connectivity index (χ1) is 7.36. The molecule has 1 atom stereocenters. The molecule has 86 valence electrons. The third kappa shape index (κ3) is 2.07.